The van der Waals surface area contributed by atoms with Gasteiger partial charge in [-0.1, -0.05) is 66.1 Å². The Bertz CT molecular complexity index is 425. The van der Waals surface area contributed by atoms with Crippen molar-refractivity contribution in [3.8, 4) is 0 Å². The van der Waals surface area contributed by atoms with Crippen LogP contribution in [0.2, 0.25) is 5.82 Å². The van der Waals surface area contributed by atoms with Gasteiger partial charge in [0.05, 0.1) is 0 Å². The second kappa shape index (κ2) is 6.46. The van der Waals surface area contributed by atoms with Crippen molar-refractivity contribution in [3.63, 3.8) is 0 Å². The van der Waals surface area contributed by atoms with Gasteiger partial charge in [-0.15, -0.1) is 0 Å². The molecule has 0 N–H and O–H groups in total. The topological polar surface area (TPSA) is 0 Å². The molecule has 0 fully saturated rings. The molecule has 3 rings (SSSR count). The Morgan fingerprint density at radius 2 is 1.89 bits per heavy atom. The lowest BCUT2D eigenvalue weighted by Gasteiger charge is -2.32. The molecule has 3 aliphatic rings. The monoisotopic (exact) mass is 252 g/mol. The number of allylic oxidation sites excluding steroid dienone is 8. The van der Waals surface area contributed by atoms with E-state index >= 15 is 0 Å². The van der Waals surface area contributed by atoms with Gasteiger partial charge in [-0.05, 0) is 44.9 Å². The summed E-state index contributed by atoms with van der Waals surface area (Å²) < 4.78 is 0. The Kier molecular flexibility index (Phi) is 4.43. The zero-order valence-corrected chi connectivity index (χ0v) is 12.0. The van der Waals surface area contributed by atoms with E-state index in [0.717, 1.165) is 12.5 Å². The third kappa shape index (κ3) is 3.13. The average Bonchev–Trinajstić information content (AvgIpc) is 2.51. The van der Waals surface area contributed by atoms with Gasteiger partial charge in [0.1, 0.15) is 0 Å². The third-order valence-electron chi connectivity index (χ3n) is 4.95. The fraction of sp³-hybridized carbons (Fsp3) is 0.556. The first-order chi connectivity index (χ1) is 9.45. The van der Waals surface area contributed by atoms with Crippen LogP contribution in [0.5, 0.6) is 0 Å². The number of hydrogen-bond acceptors (Lipinski definition) is 0. The summed E-state index contributed by atoms with van der Waals surface area (Å²) in [6.07, 6.45) is 26.4. The summed E-state index contributed by atoms with van der Waals surface area (Å²) in [5, 5.41) is 0. The van der Waals surface area contributed by atoms with E-state index in [9.17, 15) is 0 Å². The normalized spacial score (nSPS) is 26.8. The van der Waals surface area contributed by atoms with Crippen molar-refractivity contribution in [2.75, 3.05) is 0 Å². The second-order valence-electron chi connectivity index (χ2n) is 6.26. The van der Waals surface area contributed by atoms with Crippen molar-refractivity contribution in [2.45, 2.75) is 63.6 Å². The Hall–Kier alpha value is -0.975. The minimum absolute atomic E-state index is 0.759. The highest BCUT2D eigenvalue weighted by molar-refractivity contribution is 6.75. The van der Waals surface area contributed by atoms with Crippen molar-refractivity contribution < 1.29 is 0 Å². The molecule has 0 radical (unpaired) electrons. The van der Waals surface area contributed by atoms with E-state index in [4.69, 9.17) is 0 Å². The smallest absolute Gasteiger partial charge is 0.0995 e. The molecule has 100 valence electrons. The van der Waals surface area contributed by atoms with Gasteiger partial charge >= 0.3 is 0 Å². The Labute approximate surface area is 118 Å². The van der Waals surface area contributed by atoms with Gasteiger partial charge in [0, 0.05) is 0 Å². The summed E-state index contributed by atoms with van der Waals surface area (Å²) >= 11 is 0. The molecule has 1 heteroatoms. The molecule has 3 aliphatic carbocycles. The lowest BCUT2D eigenvalue weighted by Crippen LogP contribution is -2.29. The highest BCUT2D eigenvalue weighted by Crippen LogP contribution is 2.38. The Morgan fingerprint density at radius 3 is 2.58 bits per heavy atom. The highest BCUT2D eigenvalue weighted by atomic mass is 14.2. The van der Waals surface area contributed by atoms with Crippen molar-refractivity contribution in [1.29, 1.82) is 0 Å². The predicted molar refractivity (Wildman–Crippen MR) is 85.5 cm³/mol. The van der Waals surface area contributed by atoms with E-state index in [1.165, 1.54) is 57.8 Å². The molecule has 0 bridgehead atoms. The third-order valence-corrected chi connectivity index (χ3v) is 4.95. The molecule has 0 saturated carbocycles. The molecule has 0 aliphatic heterocycles. The van der Waals surface area contributed by atoms with E-state index in [0.29, 0.717) is 0 Å². The van der Waals surface area contributed by atoms with E-state index in [1.54, 1.807) is 10.9 Å². The van der Waals surface area contributed by atoms with Gasteiger partial charge < -0.3 is 0 Å². The summed E-state index contributed by atoms with van der Waals surface area (Å²) in [5.74, 6) is 0.868. The minimum Gasteiger partial charge on any atom is -0.0995 e. The molecule has 0 saturated heterocycles. The summed E-state index contributed by atoms with van der Waals surface area (Å²) in [6.45, 7) is 0.759. The zero-order valence-electron chi connectivity index (χ0n) is 12.0. The maximum Gasteiger partial charge on any atom is 0.202 e. The Balaban J connectivity index is 1.85. The zero-order chi connectivity index (χ0) is 12.9. The molecule has 0 spiro atoms. The minimum atomic E-state index is 0.759. The van der Waals surface area contributed by atoms with Gasteiger partial charge in [-0.25, -0.2) is 0 Å². The van der Waals surface area contributed by atoms with Gasteiger partial charge in [-0.3, -0.25) is 0 Å². The quantitative estimate of drug-likeness (QED) is 0.463. The van der Waals surface area contributed by atoms with Gasteiger partial charge in [-0.2, -0.15) is 0 Å². The van der Waals surface area contributed by atoms with Crippen LogP contribution in [0.3, 0.4) is 0 Å². The van der Waals surface area contributed by atoms with Crippen molar-refractivity contribution in [3.05, 3.63) is 47.4 Å². The molecule has 19 heavy (non-hydrogen) atoms. The Morgan fingerprint density at radius 1 is 0.895 bits per heavy atom. The van der Waals surface area contributed by atoms with Crippen molar-refractivity contribution in [2.24, 2.45) is 0 Å². The lowest BCUT2D eigenvalue weighted by molar-refractivity contribution is 0.690. The molecule has 1 atom stereocenters. The number of hydrogen-bond donors (Lipinski definition) is 0. The van der Waals surface area contributed by atoms with E-state index in [1.807, 2.05) is 0 Å². The van der Waals surface area contributed by atoms with Crippen LogP contribution < -0.4 is 0 Å². The molecule has 0 amide bonds. The maximum absolute atomic E-state index is 2.58. The molecule has 0 nitrogen and oxygen atoms in total. The van der Waals surface area contributed by atoms with Crippen LogP contribution in [0.1, 0.15) is 57.8 Å². The number of rotatable bonds is 3. The standard InChI is InChI=1S/C18H25B/c1-4-10-16(11-5-1)19(17-12-6-2-7-13-17)18-14-8-3-9-15-18/h1-2,4,6,10,14,17H,3,5,7-9,11-13,15H2. The largest absolute Gasteiger partial charge is 0.202 e. The van der Waals surface area contributed by atoms with Crippen LogP contribution in [0, 0.1) is 0 Å². The van der Waals surface area contributed by atoms with Crippen LogP contribution in [-0.4, -0.2) is 6.71 Å². The van der Waals surface area contributed by atoms with E-state index < -0.39 is 0 Å². The molecule has 0 aromatic carbocycles. The summed E-state index contributed by atoms with van der Waals surface area (Å²) in [5.41, 5.74) is 3.49. The molecule has 0 heterocycles. The molecule has 1 unspecified atom stereocenters. The second-order valence-corrected chi connectivity index (χ2v) is 6.26. The maximum atomic E-state index is 2.58. The summed E-state index contributed by atoms with van der Waals surface area (Å²) in [4.78, 5) is 0. The van der Waals surface area contributed by atoms with E-state index in [2.05, 4.69) is 36.5 Å². The summed E-state index contributed by atoms with van der Waals surface area (Å²) in [6, 6.07) is 0. The summed E-state index contributed by atoms with van der Waals surface area (Å²) in [7, 11) is 0. The van der Waals surface area contributed by atoms with Gasteiger partial charge in [0.25, 0.3) is 0 Å². The first kappa shape index (κ1) is 13.0. The van der Waals surface area contributed by atoms with Crippen LogP contribution in [0.4, 0.5) is 0 Å². The first-order valence-corrected chi connectivity index (χ1v) is 8.14. The average molecular weight is 252 g/mol. The molecular weight excluding hydrogens is 227 g/mol. The van der Waals surface area contributed by atoms with Crippen molar-refractivity contribution in [1.82, 2.24) is 0 Å². The fourth-order valence-corrected chi connectivity index (χ4v) is 3.99. The first-order valence-electron chi connectivity index (χ1n) is 8.14. The van der Waals surface area contributed by atoms with Crippen molar-refractivity contribution >= 4 is 6.71 Å². The van der Waals surface area contributed by atoms with Gasteiger partial charge in [0.2, 0.25) is 6.71 Å². The van der Waals surface area contributed by atoms with Crippen LogP contribution in [-0.2, 0) is 0 Å². The molecule has 0 aromatic heterocycles. The predicted octanol–water partition coefficient (Wildman–Crippen LogP) is 5.45. The van der Waals surface area contributed by atoms with Gasteiger partial charge in [0.15, 0.2) is 0 Å². The molecule has 0 aromatic rings. The lowest BCUT2D eigenvalue weighted by atomic mass is 9.29. The van der Waals surface area contributed by atoms with Crippen LogP contribution in [0.15, 0.2) is 47.4 Å². The van der Waals surface area contributed by atoms with E-state index in [-0.39, 0.29) is 0 Å². The van der Waals surface area contributed by atoms with Crippen LogP contribution >= 0.6 is 0 Å². The SMILES string of the molecule is C1=CCCC(B(C2=CCCCC2)C2CC=CCC2)=C1. The molecular formula is C18H25B. The fourth-order valence-electron chi connectivity index (χ4n) is 3.99. The highest BCUT2D eigenvalue weighted by Gasteiger charge is 2.32. The van der Waals surface area contributed by atoms with Crippen LogP contribution in [0.25, 0.3) is 0 Å².